The molecule has 4 heterocycles. The molecule has 1 N–H and O–H groups in total. The summed E-state index contributed by atoms with van der Waals surface area (Å²) in [6.45, 7) is 3.18. The number of amides is 1. The van der Waals surface area contributed by atoms with Gasteiger partial charge >= 0.3 is 6.09 Å². The topological polar surface area (TPSA) is 41.6 Å². The summed E-state index contributed by atoms with van der Waals surface area (Å²) < 4.78 is 6.85. The van der Waals surface area contributed by atoms with Crippen LogP contribution in [0.15, 0.2) is 40.2 Å². The van der Waals surface area contributed by atoms with E-state index in [-0.39, 0.29) is 12.2 Å². The minimum atomic E-state index is -0.330. The molecule has 0 aliphatic carbocycles. The Morgan fingerprint density at radius 3 is 2.81 bits per heavy atom. The van der Waals surface area contributed by atoms with Crippen molar-refractivity contribution in [2.24, 2.45) is 5.92 Å². The van der Waals surface area contributed by atoms with E-state index in [4.69, 9.17) is 4.74 Å². The Bertz CT molecular complexity index is 771. The highest BCUT2D eigenvalue weighted by Crippen LogP contribution is 2.29. The Kier molecular flexibility index (Phi) is 5.62. The highest BCUT2D eigenvalue weighted by molar-refractivity contribution is 9.10. The van der Waals surface area contributed by atoms with Crippen LogP contribution in [-0.4, -0.2) is 36.7 Å². The van der Waals surface area contributed by atoms with Crippen LogP contribution in [0, 0.1) is 5.92 Å². The minimum Gasteiger partial charge on any atom is -0.444 e. The van der Waals surface area contributed by atoms with Crippen molar-refractivity contribution in [3.8, 4) is 0 Å². The molecule has 0 saturated carbocycles. The van der Waals surface area contributed by atoms with E-state index in [0.717, 1.165) is 55.5 Å². The predicted molar refractivity (Wildman–Crippen MR) is 109 cm³/mol. The number of benzene rings is 1. The second-order valence-electron chi connectivity index (χ2n) is 7.14. The third-order valence-corrected chi connectivity index (χ3v) is 7.07. The number of thiophene rings is 1. The number of fused-ring (bicyclic) bond motifs is 3. The highest BCUT2D eigenvalue weighted by atomic mass is 79.9. The van der Waals surface area contributed by atoms with Gasteiger partial charge in [-0.15, -0.1) is 11.3 Å². The molecule has 6 heteroatoms. The average molecular weight is 435 g/mol. The zero-order valence-electron chi connectivity index (χ0n) is 14.6. The first kappa shape index (κ1) is 18.0. The molecule has 2 bridgehead atoms. The van der Waals surface area contributed by atoms with Gasteiger partial charge in [-0.05, 0) is 84.4 Å². The molecule has 1 amide bonds. The maximum atomic E-state index is 12.3. The van der Waals surface area contributed by atoms with Gasteiger partial charge in [-0.25, -0.2) is 4.79 Å². The van der Waals surface area contributed by atoms with E-state index < -0.39 is 0 Å². The van der Waals surface area contributed by atoms with Crippen molar-refractivity contribution >= 4 is 39.0 Å². The molecule has 3 aliphatic heterocycles. The Morgan fingerprint density at radius 2 is 2.12 bits per heavy atom. The van der Waals surface area contributed by atoms with E-state index in [2.05, 4.69) is 43.7 Å². The number of ether oxygens (including phenoxy) is 1. The van der Waals surface area contributed by atoms with Gasteiger partial charge in [-0.2, -0.15) is 0 Å². The number of aryl methyl sites for hydroxylation is 2. The van der Waals surface area contributed by atoms with Crippen molar-refractivity contribution in [1.82, 2.24) is 4.90 Å². The molecule has 2 aromatic rings. The lowest BCUT2D eigenvalue weighted by atomic mass is 9.86. The summed E-state index contributed by atoms with van der Waals surface area (Å²) in [7, 11) is 0. The zero-order valence-corrected chi connectivity index (χ0v) is 17.0. The first-order valence-electron chi connectivity index (χ1n) is 9.17. The van der Waals surface area contributed by atoms with Gasteiger partial charge in [-0.1, -0.05) is 12.1 Å². The van der Waals surface area contributed by atoms with Crippen LogP contribution in [0.2, 0.25) is 0 Å². The molecule has 0 spiro atoms. The summed E-state index contributed by atoms with van der Waals surface area (Å²) in [6.07, 6.45) is 3.96. The van der Waals surface area contributed by atoms with Gasteiger partial charge in [-0.3, -0.25) is 10.2 Å². The van der Waals surface area contributed by atoms with Crippen LogP contribution < -0.4 is 5.32 Å². The van der Waals surface area contributed by atoms with Gasteiger partial charge in [0.05, 0.1) is 0 Å². The standard InChI is InChI=1S/C20H23BrN2O2S/c21-16-11-18(26-13-16)5-4-14-2-1-3-17(10-14)22-20(24)25-19-12-23-8-6-15(19)7-9-23/h1-3,10-11,13,15,19H,4-9,12H2,(H,22,24). The van der Waals surface area contributed by atoms with Crippen molar-refractivity contribution in [1.29, 1.82) is 0 Å². The van der Waals surface area contributed by atoms with Gasteiger partial charge < -0.3 is 4.74 Å². The van der Waals surface area contributed by atoms with Gasteiger partial charge in [0.25, 0.3) is 0 Å². The summed E-state index contributed by atoms with van der Waals surface area (Å²) in [6, 6.07) is 10.2. The van der Waals surface area contributed by atoms with Gasteiger partial charge in [0, 0.05) is 27.0 Å². The lowest BCUT2D eigenvalue weighted by Gasteiger charge is -2.43. The molecule has 26 heavy (non-hydrogen) atoms. The summed E-state index contributed by atoms with van der Waals surface area (Å²) in [4.78, 5) is 16.0. The summed E-state index contributed by atoms with van der Waals surface area (Å²) >= 11 is 5.26. The summed E-state index contributed by atoms with van der Waals surface area (Å²) in [5.74, 6) is 0.530. The summed E-state index contributed by atoms with van der Waals surface area (Å²) in [5, 5.41) is 5.02. The van der Waals surface area contributed by atoms with Crippen LogP contribution in [0.25, 0.3) is 0 Å². The highest BCUT2D eigenvalue weighted by Gasteiger charge is 2.36. The van der Waals surface area contributed by atoms with Crippen molar-refractivity contribution < 1.29 is 9.53 Å². The van der Waals surface area contributed by atoms with Crippen LogP contribution in [0.3, 0.4) is 0 Å². The largest absolute Gasteiger partial charge is 0.444 e. The number of nitrogens with zero attached hydrogens (tertiary/aromatic N) is 1. The van der Waals surface area contributed by atoms with E-state index in [1.54, 1.807) is 11.3 Å². The second-order valence-corrected chi connectivity index (χ2v) is 9.05. The van der Waals surface area contributed by atoms with Crippen LogP contribution in [0.5, 0.6) is 0 Å². The van der Waals surface area contributed by atoms with E-state index >= 15 is 0 Å². The fourth-order valence-corrected chi connectivity index (χ4v) is 5.34. The number of carbonyl (C=O) groups excluding carboxylic acids is 1. The molecule has 4 nitrogen and oxygen atoms in total. The number of halogens is 1. The van der Waals surface area contributed by atoms with E-state index in [1.807, 2.05) is 18.2 Å². The fourth-order valence-electron chi connectivity index (χ4n) is 3.89. The van der Waals surface area contributed by atoms with Crippen molar-refractivity contribution in [3.05, 3.63) is 50.6 Å². The third kappa shape index (κ3) is 4.48. The number of hydrogen-bond acceptors (Lipinski definition) is 4. The second kappa shape index (κ2) is 8.11. The van der Waals surface area contributed by atoms with E-state index in [9.17, 15) is 4.79 Å². The number of carbonyl (C=O) groups is 1. The summed E-state index contributed by atoms with van der Waals surface area (Å²) in [5.41, 5.74) is 2.02. The van der Waals surface area contributed by atoms with Crippen LogP contribution in [-0.2, 0) is 17.6 Å². The smallest absolute Gasteiger partial charge is 0.411 e. The van der Waals surface area contributed by atoms with E-state index in [1.165, 1.54) is 10.4 Å². The lowest BCUT2D eigenvalue weighted by molar-refractivity contribution is -0.0289. The molecule has 5 rings (SSSR count). The monoisotopic (exact) mass is 434 g/mol. The Morgan fingerprint density at radius 1 is 1.27 bits per heavy atom. The number of hydrogen-bond donors (Lipinski definition) is 1. The van der Waals surface area contributed by atoms with Gasteiger partial charge in [0.2, 0.25) is 0 Å². The molecular weight excluding hydrogens is 412 g/mol. The molecule has 0 radical (unpaired) electrons. The molecule has 3 fully saturated rings. The SMILES string of the molecule is O=C(Nc1cccc(CCc2cc(Br)cs2)c1)OC1CN2CCC1CC2. The quantitative estimate of drug-likeness (QED) is 0.724. The maximum Gasteiger partial charge on any atom is 0.411 e. The lowest BCUT2D eigenvalue weighted by Crippen LogP contribution is -2.52. The normalized spacial score (nSPS) is 24.4. The minimum absolute atomic E-state index is 0.0398. The van der Waals surface area contributed by atoms with Crippen molar-refractivity contribution in [3.63, 3.8) is 0 Å². The molecule has 1 aromatic heterocycles. The van der Waals surface area contributed by atoms with Crippen molar-refractivity contribution in [2.45, 2.75) is 31.8 Å². The van der Waals surface area contributed by atoms with Crippen LogP contribution in [0.1, 0.15) is 23.3 Å². The predicted octanol–water partition coefficient (Wildman–Crippen LogP) is 4.94. The number of rotatable bonds is 5. The number of piperidine rings is 3. The molecule has 1 aromatic carbocycles. The van der Waals surface area contributed by atoms with E-state index in [0.29, 0.717) is 5.92 Å². The van der Waals surface area contributed by atoms with Crippen molar-refractivity contribution in [2.75, 3.05) is 25.0 Å². The fraction of sp³-hybridized carbons (Fsp3) is 0.450. The molecular formula is C20H23BrN2O2S. The molecule has 1 unspecified atom stereocenters. The van der Waals surface area contributed by atoms with Gasteiger partial charge in [0.15, 0.2) is 0 Å². The molecule has 1 atom stereocenters. The maximum absolute atomic E-state index is 12.3. The van der Waals surface area contributed by atoms with Crippen LogP contribution in [0.4, 0.5) is 10.5 Å². The first-order chi connectivity index (χ1) is 12.7. The molecule has 138 valence electrons. The van der Waals surface area contributed by atoms with Crippen LogP contribution >= 0.6 is 27.3 Å². The Balaban J connectivity index is 1.31. The number of anilines is 1. The molecule has 3 aliphatic rings. The molecule has 3 saturated heterocycles. The third-order valence-electron chi connectivity index (χ3n) is 5.31. The Hall–Kier alpha value is -1.37. The van der Waals surface area contributed by atoms with Gasteiger partial charge in [0.1, 0.15) is 6.10 Å². The Labute approximate surface area is 166 Å². The number of nitrogens with one attached hydrogen (secondary N) is 1. The first-order valence-corrected chi connectivity index (χ1v) is 10.8. The zero-order chi connectivity index (χ0) is 17.9. The average Bonchev–Trinajstić information content (AvgIpc) is 3.06.